The topological polar surface area (TPSA) is 72.6 Å². The largest absolute Gasteiger partial charge is 0.454 e. The highest BCUT2D eigenvalue weighted by atomic mass is 19.1. The number of ether oxygens (including phenoxy) is 1. The van der Waals surface area contributed by atoms with Crippen molar-refractivity contribution in [3.8, 4) is 11.5 Å². The smallest absolute Gasteiger partial charge is 0.272 e. The van der Waals surface area contributed by atoms with Gasteiger partial charge in [0.1, 0.15) is 5.75 Å². The predicted molar refractivity (Wildman–Crippen MR) is 70.2 cm³/mol. The molecule has 0 radical (unpaired) electrons. The molecule has 0 aromatic heterocycles. The summed E-state index contributed by atoms with van der Waals surface area (Å²) >= 11 is 0. The first-order valence-corrected chi connectivity index (χ1v) is 5.83. The molecule has 0 aliphatic rings. The first-order valence-electron chi connectivity index (χ1n) is 5.83. The molecular formula is C14H12FNO4. The number of nitro groups is 1. The summed E-state index contributed by atoms with van der Waals surface area (Å²) in [5, 5.41) is 19.6. The van der Waals surface area contributed by atoms with Gasteiger partial charge in [-0.1, -0.05) is 6.07 Å². The van der Waals surface area contributed by atoms with E-state index >= 15 is 0 Å². The van der Waals surface area contributed by atoms with Crippen LogP contribution in [0.25, 0.3) is 0 Å². The van der Waals surface area contributed by atoms with Crippen molar-refractivity contribution in [2.75, 3.05) is 0 Å². The highest BCUT2D eigenvalue weighted by Gasteiger charge is 2.12. The summed E-state index contributed by atoms with van der Waals surface area (Å²) in [6.07, 6.45) is 0. The van der Waals surface area contributed by atoms with E-state index in [1.54, 1.807) is 6.92 Å². The van der Waals surface area contributed by atoms with Gasteiger partial charge in [0.05, 0.1) is 11.5 Å². The van der Waals surface area contributed by atoms with Gasteiger partial charge >= 0.3 is 0 Å². The van der Waals surface area contributed by atoms with E-state index in [0.717, 1.165) is 0 Å². The first-order chi connectivity index (χ1) is 9.51. The molecule has 2 aromatic rings. The van der Waals surface area contributed by atoms with Crippen LogP contribution in [0.15, 0.2) is 36.4 Å². The van der Waals surface area contributed by atoms with Gasteiger partial charge in [-0.15, -0.1) is 0 Å². The van der Waals surface area contributed by atoms with E-state index in [1.807, 2.05) is 0 Å². The zero-order valence-corrected chi connectivity index (χ0v) is 10.7. The van der Waals surface area contributed by atoms with E-state index in [0.29, 0.717) is 16.9 Å². The van der Waals surface area contributed by atoms with Crippen LogP contribution < -0.4 is 4.74 Å². The van der Waals surface area contributed by atoms with Gasteiger partial charge < -0.3 is 9.84 Å². The number of aliphatic hydroxyl groups is 1. The Kier molecular flexibility index (Phi) is 3.95. The lowest BCUT2D eigenvalue weighted by Gasteiger charge is -2.08. The van der Waals surface area contributed by atoms with Crippen molar-refractivity contribution in [3.05, 3.63) is 63.5 Å². The van der Waals surface area contributed by atoms with Crippen LogP contribution in [0.5, 0.6) is 11.5 Å². The van der Waals surface area contributed by atoms with Crippen LogP contribution in [0.3, 0.4) is 0 Å². The zero-order chi connectivity index (χ0) is 14.7. The molecule has 0 saturated carbocycles. The Morgan fingerprint density at radius 2 is 2.05 bits per heavy atom. The molecule has 0 amide bonds. The summed E-state index contributed by atoms with van der Waals surface area (Å²) in [5.41, 5.74) is 0.850. The lowest BCUT2D eigenvalue weighted by molar-refractivity contribution is -0.385. The molecular weight excluding hydrogens is 265 g/mol. The fourth-order valence-electron chi connectivity index (χ4n) is 1.75. The molecule has 2 rings (SSSR count). The number of aliphatic hydroxyl groups excluding tert-OH is 1. The lowest BCUT2D eigenvalue weighted by atomic mass is 10.2. The molecule has 0 unspecified atom stereocenters. The Bertz CT molecular complexity index is 658. The summed E-state index contributed by atoms with van der Waals surface area (Å²) in [4.78, 5) is 10.2. The molecule has 2 aromatic carbocycles. The van der Waals surface area contributed by atoms with Crippen molar-refractivity contribution in [1.29, 1.82) is 0 Å². The van der Waals surface area contributed by atoms with Crippen molar-refractivity contribution in [3.63, 3.8) is 0 Å². The zero-order valence-electron chi connectivity index (χ0n) is 10.7. The van der Waals surface area contributed by atoms with Gasteiger partial charge in [0.2, 0.25) is 0 Å². The molecule has 6 heteroatoms. The maximum absolute atomic E-state index is 13.7. The molecule has 20 heavy (non-hydrogen) atoms. The van der Waals surface area contributed by atoms with Crippen molar-refractivity contribution in [2.45, 2.75) is 13.5 Å². The van der Waals surface area contributed by atoms with Crippen LogP contribution in [0.4, 0.5) is 10.1 Å². The number of rotatable bonds is 4. The average Bonchev–Trinajstić information content (AvgIpc) is 2.40. The molecule has 0 atom stereocenters. The first kappa shape index (κ1) is 14.0. The number of aryl methyl sites for hydroxylation is 1. The molecule has 0 aliphatic heterocycles. The number of hydrogen-bond acceptors (Lipinski definition) is 4. The fourth-order valence-corrected chi connectivity index (χ4v) is 1.75. The number of halogens is 1. The summed E-state index contributed by atoms with van der Waals surface area (Å²) in [6, 6.07) is 8.30. The molecule has 0 saturated heterocycles. The minimum atomic E-state index is -0.604. The third-order valence-corrected chi connectivity index (χ3v) is 2.77. The van der Waals surface area contributed by atoms with Gasteiger partial charge in [-0.05, 0) is 36.8 Å². The van der Waals surface area contributed by atoms with Gasteiger partial charge in [-0.2, -0.15) is 0 Å². The molecule has 104 valence electrons. The molecule has 0 aliphatic carbocycles. The fraction of sp³-hybridized carbons (Fsp3) is 0.143. The number of hydrogen-bond donors (Lipinski definition) is 1. The second kappa shape index (κ2) is 5.66. The molecule has 0 bridgehead atoms. The Morgan fingerprint density at radius 3 is 2.60 bits per heavy atom. The third kappa shape index (κ3) is 2.92. The van der Waals surface area contributed by atoms with Gasteiger partial charge in [0.25, 0.3) is 5.69 Å². The summed E-state index contributed by atoms with van der Waals surface area (Å²) in [7, 11) is 0. The highest BCUT2D eigenvalue weighted by molar-refractivity contribution is 5.45. The average molecular weight is 277 g/mol. The minimum Gasteiger partial charge on any atom is -0.454 e. The Labute approximate surface area is 114 Å². The Balaban J connectivity index is 2.26. The van der Waals surface area contributed by atoms with Crippen LogP contribution in [-0.2, 0) is 6.61 Å². The van der Waals surface area contributed by atoms with Crippen molar-refractivity contribution < 1.29 is 19.2 Å². The SMILES string of the molecule is Cc1cc(Oc2ccc(CO)cc2F)ccc1[N+](=O)[O-]. The molecule has 1 N–H and O–H groups in total. The van der Waals surface area contributed by atoms with Crippen LogP contribution in [0.1, 0.15) is 11.1 Å². The van der Waals surface area contributed by atoms with Gasteiger partial charge in [0, 0.05) is 11.6 Å². The maximum atomic E-state index is 13.7. The monoisotopic (exact) mass is 277 g/mol. The second-order valence-corrected chi connectivity index (χ2v) is 4.23. The van der Waals surface area contributed by atoms with E-state index in [1.165, 1.54) is 36.4 Å². The molecule has 0 heterocycles. The Morgan fingerprint density at radius 1 is 1.30 bits per heavy atom. The third-order valence-electron chi connectivity index (χ3n) is 2.77. The number of nitrogens with zero attached hydrogens (tertiary/aromatic N) is 1. The van der Waals surface area contributed by atoms with E-state index < -0.39 is 10.7 Å². The standard InChI is InChI=1S/C14H12FNO4/c1-9-6-11(3-4-13(9)16(18)19)20-14-5-2-10(8-17)7-12(14)15/h2-7,17H,8H2,1H3. The van der Waals surface area contributed by atoms with Crippen molar-refractivity contribution >= 4 is 5.69 Å². The number of benzene rings is 2. The van der Waals surface area contributed by atoms with E-state index in [2.05, 4.69) is 0 Å². The summed E-state index contributed by atoms with van der Waals surface area (Å²) < 4.78 is 19.0. The quantitative estimate of drug-likeness (QED) is 0.687. The van der Waals surface area contributed by atoms with Gasteiger partial charge in [-0.3, -0.25) is 10.1 Å². The second-order valence-electron chi connectivity index (χ2n) is 4.23. The predicted octanol–water partition coefficient (Wildman–Crippen LogP) is 3.33. The van der Waals surface area contributed by atoms with E-state index in [9.17, 15) is 14.5 Å². The van der Waals surface area contributed by atoms with E-state index in [-0.39, 0.29) is 18.0 Å². The normalized spacial score (nSPS) is 10.3. The van der Waals surface area contributed by atoms with Crippen LogP contribution >= 0.6 is 0 Å². The van der Waals surface area contributed by atoms with Gasteiger partial charge in [0.15, 0.2) is 11.6 Å². The lowest BCUT2D eigenvalue weighted by Crippen LogP contribution is -1.94. The van der Waals surface area contributed by atoms with Gasteiger partial charge in [-0.25, -0.2) is 4.39 Å². The number of nitro benzene ring substituents is 1. The van der Waals surface area contributed by atoms with Crippen LogP contribution in [-0.4, -0.2) is 10.0 Å². The van der Waals surface area contributed by atoms with Crippen LogP contribution in [0.2, 0.25) is 0 Å². The summed E-state index contributed by atoms with van der Waals surface area (Å²) in [6.45, 7) is 1.32. The molecule has 0 fully saturated rings. The van der Waals surface area contributed by atoms with Crippen molar-refractivity contribution in [2.24, 2.45) is 0 Å². The summed E-state index contributed by atoms with van der Waals surface area (Å²) in [5.74, 6) is -0.299. The minimum absolute atomic E-state index is 0.00421. The molecule has 5 nitrogen and oxygen atoms in total. The van der Waals surface area contributed by atoms with Crippen molar-refractivity contribution in [1.82, 2.24) is 0 Å². The van der Waals surface area contributed by atoms with Crippen LogP contribution in [0, 0.1) is 22.9 Å². The maximum Gasteiger partial charge on any atom is 0.272 e. The molecule has 0 spiro atoms. The Hall–Kier alpha value is -2.47. The highest BCUT2D eigenvalue weighted by Crippen LogP contribution is 2.29. The van der Waals surface area contributed by atoms with E-state index in [4.69, 9.17) is 9.84 Å².